The van der Waals surface area contributed by atoms with Gasteiger partial charge >= 0.3 is 0 Å². The van der Waals surface area contributed by atoms with Crippen LogP contribution in [0.15, 0.2) is 16.9 Å². The number of hydrogen-bond acceptors (Lipinski definition) is 4. The number of hydrogen-bond donors (Lipinski definition) is 2. The zero-order valence-corrected chi connectivity index (χ0v) is 9.41. The molecule has 16 heavy (non-hydrogen) atoms. The van der Waals surface area contributed by atoms with Gasteiger partial charge in [0.05, 0.1) is 5.69 Å². The Kier molecular flexibility index (Phi) is 4.07. The molecule has 88 valence electrons. The van der Waals surface area contributed by atoms with Gasteiger partial charge in [-0.25, -0.2) is 5.10 Å². The Hall–Kier alpha value is -1.20. The third-order valence-electron chi connectivity index (χ3n) is 2.85. The molecule has 1 aromatic heterocycles. The highest BCUT2D eigenvalue weighted by atomic mass is 16.1. The van der Waals surface area contributed by atoms with E-state index in [0.29, 0.717) is 6.54 Å². The number of likely N-dealkylation sites (tertiary alicyclic amines) is 1. The molecule has 2 rings (SSSR count). The fourth-order valence-corrected chi connectivity index (χ4v) is 1.93. The highest BCUT2D eigenvalue weighted by Gasteiger charge is 2.09. The van der Waals surface area contributed by atoms with Crippen molar-refractivity contribution >= 4 is 0 Å². The van der Waals surface area contributed by atoms with Crippen molar-refractivity contribution in [2.24, 2.45) is 0 Å². The predicted molar refractivity (Wildman–Crippen MR) is 62.2 cm³/mol. The molecule has 5 nitrogen and oxygen atoms in total. The van der Waals surface area contributed by atoms with Crippen LogP contribution in [-0.2, 0) is 6.54 Å². The minimum absolute atomic E-state index is 0.152. The van der Waals surface area contributed by atoms with Gasteiger partial charge in [0.25, 0.3) is 5.56 Å². The quantitative estimate of drug-likeness (QED) is 0.686. The molecule has 0 aliphatic carbocycles. The summed E-state index contributed by atoms with van der Waals surface area (Å²) < 4.78 is 0. The molecule has 2 heterocycles. The number of nitrogens with one attached hydrogen (secondary N) is 2. The van der Waals surface area contributed by atoms with Gasteiger partial charge in [0.1, 0.15) is 0 Å². The fraction of sp³-hybridized carbons (Fsp3) is 0.636. The van der Waals surface area contributed by atoms with Crippen molar-refractivity contribution in [1.82, 2.24) is 20.4 Å². The minimum atomic E-state index is -0.152. The van der Waals surface area contributed by atoms with Gasteiger partial charge in [0, 0.05) is 25.7 Å². The largest absolute Gasteiger partial charge is 0.310 e. The number of H-pyrrole nitrogens is 1. The van der Waals surface area contributed by atoms with Crippen molar-refractivity contribution < 1.29 is 0 Å². The molecule has 0 bridgehead atoms. The standard InChI is InChI=1S/C11H18N4O/c16-11-4-3-10(13-14-11)9-12-5-8-15-6-1-2-7-15/h3-4,12H,1-2,5-9H2,(H,14,16). The predicted octanol–water partition coefficient (Wildman–Crippen LogP) is -0.0447. The molecule has 5 heteroatoms. The van der Waals surface area contributed by atoms with Gasteiger partial charge in [-0.2, -0.15) is 5.10 Å². The molecule has 0 spiro atoms. The van der Waals surface area contributed by atoms with Gasteiger partial charge in [0.15, 0.2) is 0 Å². The van der Waals surface area contributed by atoms with Gasteiger partial charge in [-0.1, -0.05) is 0 Å². The van der Waals surface area contributed by atoms with E-state index in [2.05, 4.69) is 20.4 Å². The van der Waals surface area contributed by atoms with Crippen LogP contribution in [0.2, 0.25) is 0 Å². The van der Waals surface area contributed by atoms with E-state index in [4.69, 9.17) is 0 Å². The van der Waals surface area contributed by atoms with E-state index in [1.165, 1.54) is 32.0 Å². The average Bonchev–Trinajstić information content (AvgIpc) is 2.80. The Morgan fingerprint density at radius 3 is 2.88 bits per heavy atom. The molecule has 1 fully saturated rings. The molecule has 0 aromatic carbocycles. The SMILES string of the molecule is O=c1ccc(CNCCN2CCCC2)n[nH]1. The number of aromatic nitrogens is 2. The smallest absolute Gasteiger partial charge is 0.264 e. The van der Waals surface area contributed by atoms with E-state index in [9.17, 15) is 4.79 Å². The zero-order valence-electron chi connectivity index (χ0n) is 9.41. The van der Waals surface area contributed by atoms with E-state index < -0.39 is 0 Å². The fourth-order valence-electron chi connectivity index (χ4n) is 1.93. The summed E-state index contributed by atoms with van der Waals surface area (Å²) in [6.07, 6.45) is 2.67. The summed E-state index contributed by atoms with van der Waals surface area (Å²) >= 11 is 0. The molecular formula is C11H18N4O. The van der Waals surface area contributed by atoms with Crippen molar-refractivity contribution in [3.63, 3.8) is 0 Å². The summed E-state index contributed by atoms with van der Waals surface area (Å²) in [5.41, 5.74) is 0.724. The molecule has 0 amide bonds. The van der Waals surface area contributed by atoms with E-state index in [0.717, 1.165) is 18.8 Å². The van der Waals surface area contributed by atoms with Crippen molar-refractivity contribution in [1.29, 1.82) is 0 Å². The normalized spacial score (nSPS) is 16.8. The highest BCUT2D eigenvalue weighted by molar-refractivity contribution is 4.98. The van der Waals surface area contributed by atoms with E-state index in [1.807, 2.05) is 0 Å². The van der Waals surface area contributed by atoms with Crippen molar-refractivity contribution in [3.05, 3.63) is 28.2 Å². The molecule has 1 aromatic rings. The summed E-state index contributed by atoms with van der Waals surface area (Å²) in [5, 5.41) is 9.68. The molecule has 2 N–H and O–H groups in total. The van der Waals surface area contributed by atoms with Crippen LogP contribution >= 0.6 is 0 Å². The topological polar surface area (TPSA) is 61.0 Å². The van der Waals surface area contributed by atoms with Crippen LogP contribution < -0.4 is 10.9 Å². The Labute approximate surface area is 94.9 Å². The van der Waals surface area contributed by atoms with Gasteiger partial charge in [-0.15, -0.1) is 0 Å². The maximum Gasteiger partial charge on any atom is 0.264 e. The summed E-state index contributed by atoms with van der Waals surface area (Å²) in [4.78, 5) is 13.2. The highest BCUT2D eigenvalue weighted by Crippen LogP contribution is 2.05. The second kappa shape index (κ2) is 5.77. The molecular weight excluding hydrogens is 204 g/mol. The number of aromatic amines is 1. The second-order valence-corrected chi connectivity index (χ2v) is 4.14. The first-order chi connectivity index (χ1) is 7.84. The van der Waals surface area contributed by atoms with Crippen LogP contribution in [0.4, 0.5) is 0 Å². The maximum absolute atomic E-state index is 10.8. The third-order valence-corrected chi connectivity index (χ3v) is 2.85. The second-order valence-electron chi connectivity index (χ2n) is 4.14. The summed E-state index contributed by atoms with van der Waals surface area (Å²) in [6.45, 7) is 5.26. The molecule has 0 unspecified atom stereocenters. The first-order valence-corrected chi connectivity index (χ1v) is 5.82. The van der Waals surface area contributed by atoms with Crippen LogP contribution in [0.5, 0.6) is 0 Å². The van der Waals surface area contributed by atoms with Crippen LogP contribution in [0, 0.1) is 0 Å². The molecule has 0 saturated carbocycles. The lowest BCUT2D eigenvalue weighted by Crippen LogP contribution is -2.30. The Morgan fingerprint density at radius 1 is 1.38 bits per heavy atom. The lowest BCUT2D eigenvalue weighted by Gasteiger charge is -2.14. The Balaban J connectivity index is 1.64. The number of rotatable bonds is 5. The maximum atomic E-state index is 10.8. The first kappa shape index (κ1) is 11.3. The van der Waals surface area contributed by atoms with Gasteiger partial charge in [0.2, 0.25) is 0 Å². The molecule has 1 saturated heterocycles. The average molecular weight is 222 g/mol. The third kappa shape index (κ3) is 3.43. The molecule has 0 radical (unpaired) electrons. The van der Waals surface area contributed by atoms with Gasteiger partial charge in [-0.3, -0.25) is 4.79 Å². The molecule has 1 aliphatic heterocycles. The van der Waals surface area contributed by atoms with E-state index in [-0.39, 0.29) is 5.56 Å². The molecule has 0 atom stereocenters. The van der Waals surface area contributed by atoms with Crippen molar-refractivity contribution in [2.45, 2.75) is 19.4 Å². The monoisotopic (exact) mass is 222 g/mol. The zero-order chi connectivity index (χ0) is 11.2. The van der Waals surface area contributed by atoms with Gasteiger partial charge < -0.3 is 10.2 Å². The van der Waals surface area contributed by atoms with Crippen LogP contribution in [0.1, 0.15) is 18.5 Å². The van der Waals surface area contributed by atoms with Crippen LogP contribution in [0.3, 0.4) is 0 Å². The number of nitrogens with zero attached hydrogens (tertiary/aromatic N) is 2. The summed E-state index contributed by atoms with van der Waals surface area (Å²) in [7, 11) is 0. The first-order valence-electron chi connectivity index (χ1n) is 5.82. The molecule has 1 aliphatic rings. The van der Waals surface area contributed by atoms with Crippen LogP contribution in [0.25, 0.3) is 0 Å². The summed E-state index contributed by atoms with van der Waals surface area (Å²) in [6, 6.07) is 3.26. The lowest BCUT2D eigenvalue weighted by molar-refractivity contribution is 0.335. The van der Waals surface area contributed by atoms with Gasteiger partial charge in [-0.05, 0) is 32.0 Å². The lowest BCUT2D eigenvalue weighted by atomic mass is 10.4. The summed E-state index contributed by atoms with van der Waals surface area (Å²) in [5.74, 6) is 0. The minimum Gasteiger partial charge on any atom is -0.310 e. The van der Waals surface area contributed by atoms with E-state index in [1.54, 1.807) is 6.07 Å². The Morgan fingerprint density at radius 2 is 2.19 bits per heavy atom. The van der Waals surface area contributed by atoms with Crippen molar-refractivity contribution in [3.8, 4) is 0 Å². The Bertz CT molecular complexity index is 350. The van der Waals surface area contributed by atoms with E-state index >= 15 is 0 Å². The van der Waals surface area contributed by atoms with Crippen LogP contribution in [-0.4, -0.2) is 41.3 Å². The van der Waals surface area contributed by atoms with Crippen molar-refractivity contribution in [2.75, 3.05) is 26.2 Å².